The van der Waals surface area contributed by atoms with Gasteiger partial charge in [-0.1, -0.05) is 6.07 Å². The molecule has 0 spiro atoms. The van der Waals surface area contributed by atoms with Gasteiger partial charge in [0.15, 0.2) is 11.5 Å². The number of carbonyl (C=O) groups excluding carboxylic acids is 1. The molecule has 3 rings (SSSR count). The number of nitrogens with zero attached hydrogens (tertiary/aromatic N) is 2. The summed E-state index contributed by atoms with van der Waals surface area (Å²) in [6.45, 7) is 3.96. The smallest absolute Gasteiger partial charge is 0.338 e. The Morgan fingerprint density at radius 1 is 1.19 bits per heavy atom. The molecule has 0 aliphatic heterocycles. The molecule has 3 aromatic rings. The van der Waals surface area contributed by atoms with Crippen molar-refractivity contribution in [3.8, 4) is 11.5 Å². The second-order valence-corrected chi connectivity index (χ2v) is 6.73. The van der Waals surface area contributed by atoms with Gasteiger partial charge in [-0.3, -0.25) is 4.79 Å². The molecule has 0 aliphatic carbocycles. The fourth-order valence-electron chi connectivity index (χ4n) is 2.73. The Bertz CT molecular complexity index is 1040. The summed E-state index contributed by atoms with van der Waals surface area (Å²) in [7, 11) is 3.11. The standard InChI is InChI=1S/C18H19N3O4S/c1-10-7-11(2)20-16-15(10)17(22)21(26-16)18(23)19-9-12-5-6-13(24-3)14(8-12)25-4/h5-8H,9H2,1-4H3,(H,19,23). The molecule has 2 heterocycles. The van der Waals surface area contributed by atoms with Crippen LogP contribution in [0, 0.1) is 13.8 Å². The number of aryl methyl sites for hydroxylation is 2. The number of methoxy groups -OCH3 is 2. The zero-order valence-electron chi connectivity index (χ0n) is 15.0. The number of aromatic nitrogens is 2. The number of nitrogens with one attached hydrogen (secondary N) is 1. The number of benzene rings is 1. The molecule has 0 fully saturated rings. The SMILES string of the molecule is COc1ccc(CNC(=O)n2sc3nc(C)cc(C)c3c2=O)cc1OC. The van der Waals surface area contributed by atoms with E-state index in [-0.39, 0.29) is 12.1 Å². The Labute approximate surface area is 154 Å². The van der Waals surface area contributed by atoms with E-state index in [4.69, 9.17) is 9.47 Å². The van der Waals surface area contributed by atoms with E-state index in [9.17, 15) is 9.59 Å². The van der Waals surface area contributed by atoms with Gasteiger partial charge in [-0.15, -0.1) is 0 Å². The minimum atomic E-state index is -0.482. The molecule has 136 valence electrons. The van der Waals surface area contributed by atoms with E-state index in [1.165, 1.54) is 0 Å². The van der Waals surface area contributed by atoms with Gasteiger partial charge >= 0.3 is 6.03 Å². The van der Waals surface area contributed by atoms with Gasteiger partial charge in [0.1, 0.15) is 4.83 Å². The lowest BCUT2D eigenvalue weighted by Gasteiger charge is -2.10. The molecular formula is C18H19N3O4S. The Balaban J connectivity index is 1.83. The Hall–Kier alpha value is -2.87. The highest BCUT2D eigenvalue weighted by molar-refractivity contribution is 7.14. The van der Waals surface area contributed by atoms with Gasteiger partial charge in [0.2, 0.25) is 0 Å². The zero-order chi connectivity index (χ0) is 18.8. The fourth-order valence-corrected chi connectivity index (χ4v) is 3.75. The molecule has 0 unspecified atom stereocenters. The van der Waals surface area contributed by atoms with Crippen molar-refractivity contribution in [2.75, 3.05) is 14.2 Å². The third-order valence-corrected chi connectivity index (χ3v) is 4.95. The third kappa shape index (κ3) is 3.28. The predicted molar refractivity (Wildman–Crippen MR) is 101 cm³/mol. The molecule has 7 nitrogen and oxygen atoms in total. The monoisotopic (exact) mass is 373 g/mol. The molecule has 0 aliphatic rings. The van der Waals surface area contributed by atoms with Crippen molar-refractivity contribution in [2.24, 2.45) is 0 Å². The summed E-state index contributed by atoms with van der Waals surface area (Å²) in [6, 6.07) is 6.72. The number of pyridine rings is 1. The molecule has 0 saturated heterocycles. The van der Waals surface area contributed by atoms with E-state index in [1.54, 1.807) is 26.4 Å². The van der Waals surface area contributed by atoms with Crippen molar-refractivity contribution >= 4 is 27.8 Å². The molecule has 0 saturated carbocycles. The van der Waals surface area contributed by atoms with E-state index in [1.807, 2.05) is 26.0 Å². The number of hydrogen-bond acceptors (Lipinski definition) is 6. The lowest BCUT2D eigenvalue weighted by Crippen LogP contribution is -2.32. The second kappa shape index (κ2) is 7.17. The van der Waals surface area contributed by atoms with Crippen molar-refractivity contribution in [3.05, 3.63) is 51.4 Å². The Morgan fingerprint density at radius 3 is 2.62 bits per heavy atom. The highest BCUT2D eigenvalue weighted by atomic mass is 32.1. The molecule has 0 radical (unpaired) electrons. The Kier molecular flexibility index (Phi) is 4.94. The van der Waals surface area contributed by atoms with Crippen LogP contribution in [-0.4, -0.2) is 29.2 Å². The summed E-state index contributed by atoms with van der Waals surface area (Å²) in [6.07, 6.45) is 0. The van der Waals surface area contributed by atoms with Gasteiger partial charge in [-0.25, -0.2) is 9.78 Å². The van der Waals surface area contributed by atoms with Gasteiger partial charge in [0, 0.05) is 12.2 Å². The average Bonchev–Trinajstić information content (AvgIpc) is 2.95. The summed E-state index contributed by atoms with van der Waals surface area (Å²) < 4.78 is 11.5. The maximum atomic E-state index is 12.5. The Morgan fingerprint density at radius 2 is 1.92 bits per heavy atom. The highest BCUT2D eigenvalue weighted by Crippen LogP contribution is 2.27. The largest absolute Gasteiger partial charge is 0.493 e. The van der Waals surface area contributed by atoms with Crippen molar-refractivity contribution in [1.29, 1.82) is 0 Å². The van der Waals surface area contributed by atoms with Crippen LogP contribution in [0.5, 0.6) is 11.5 Å². The topological polar surface area (TPSA) is 82.5 Å². The number of hydrogen-bond donors (Lipinski definition) is 1. The maximum Gasteiger partial charge on any atom is 0.338 e. The molecule has 0 atom stereocenters. The summed E-state index contributed by atoms with van der Waals surface area (Å²) in [5, 5.41) is 3.24. The van der Waals surface area contributed by atoms with Crippen molar-refractivity contribution < 1.29 is 14.3 Å². The van der Waals surface area contributed by atoms with Crippen LogP contribution in [0.3, 0.4) is 0 Å². The van der Waals surface area contributed by atoms with Gasteiger partial charge < -0.3 is 14.8 Å². The van der Waals surface area contributed by atoms with Crippen LogP contribution in [0.4, 0.5) is 4.79 Å². The van der Waals surface area contributed by atoms with Gasteiger partial charge in [-0.05, 0) is 54.7 Å². The van der Waals surface area contributed by atoms with E-state index >= 15 is 0 Å². The van der Waals surface area contributed by atoms with Crippen LogP contribution in [0.2, 0.25) is 0 Å². The van der Waals surface area contributed by atoms with E-state index in [0.29, 0.717) is 21.7 Å². The average molecular weight is 373 g/mol. The van der Waals surface area contributed by atoms with Crippen molar-refractivity contribution in [1.82, 2.24) is 14.3 Å². The molecule has 2 aromatic heterocycles. The summed E-state index contributed by atoms with van der Waals surface area (Å²) in [4.78, 5) is 29.9. The van der Waals surface area contributed by atoms with Crippen LogP contribution in [0.15, 0.2) is 29.1 Å². The molecule has 1 amide bonds. The lowest BCUT2D eigenvalue weighted by atomic mass is 10.2. The van der Waals surface area contributed by atoms with Gasteiger partial charge in [0.25, 0.3) is 5.56 Å². The molecular weight excluding hydrogens is 354 g/mol. The second-order valence-electron chi connectivity index (χ2n) is 5.80. The van der Waals surface area contributed by atoms with Crippen molar-refractivity contribution in [3.63, 3.8) is 0 Å². The normalized spacial score (nSPS) is 10.8. The summed E-state index contributed by atoms with van der Waals surface area (Å²) >= 11 is 1.05. The summed E-state index contributed by atoms with van der Waals surface area (Å²) in [5.41, 5.74) is 2.12. The van der Waals surface area contributed by atoms with Crippen LogP contribution >= 0.6 is 11.5 Å². The first-order chi connectivity index (χ1) is 12.4. The fraction of sp³-hybridized carbons (Fsp3) is 0.278. The molecule has 0 bridgehead atoms. The van der Waals surface area contributed by atoms with Crippen LogP contribution in [0.25, 0.3) is 10.2 Å². The van der Waals surface area contributed by atoms with Crippen LogP contribution in [0.1, 0.15) is 16.8 Å². The van der Waals surface area contributed by atoms with E-state index in [2.05, 4.69) is 10.3 Å². The molecule has 1 aromatic carbocycles. The van der Waals surface area contributed by atoms with E-state index < -0.39 is 6.03 Å². The van der Waals surface area contributed by atoms with Crippen LogP contribution in [-0.2, 0) is 6.54 Å². The number of amides is 1. The first-order valence-electron chi connectivity index (χ1n) is 7.94. The minimum absolute atomic E-state index is 0.255. The van der Waals surface area contributed by atoms with Gasteiger partial charge in [-0.2, -0.15) is 3.96 Å². The first kappa shape index (κ1) is 17.9. The molecule has 1 N–H and O–H groups in total. The highest BCUT2D eigenvalue weighted by Gasteiger charge is 2.17. The number of fused-ring (bicyclic) bond motifs is 1. The number of ether oxygens (including phenoxy) is 2. The zero-order valence-corrected chi connectivity index (χ0v) is 15.8. The minimum Gasteiger partial charge on any atom is -0.493 e. The predicted octanol–water partition coefficient (Wildman–Crippen LogP) is 2.85. The quantitative estimate of drug-likeness (QED) is 0.760. The summed E-state index contributed by atoms with van der Waals surface area (Å²) in [5.74, 6) is 1.19. The third-order valence-electron chi connectivity index (χ3n) is 3.96. The van der Waals surface area contributed by atoms with Crippen LogP contribution < -0.4 is 20.3 Å². The molecule has 26 heavy (non-hydrogen) atoms. The number of carbonyl (C=O) groups is 1. The maximum absolute atomic E-state index is 12.5. The molecule has 8 heteroatoms. The lowest BCUT2D eigenvalue weighted by molar-refractivity contribution is 0.243. The number of rotatable bonds is 4. The van der Waals surface area contributed by atoms with Crippen molar-refractivity contribution in [2.45, 2.75) is 20.4 Å². The van der Waals surface area contributed by atoms with E-state index in [0.717, 1.165) is 32.3 Å². The van der Waals surface area contributed by atoms with Gasteiger partial charge in [0.05, 0.1) is 19.6 Å². The first-order valence-corrected chi connectivity index (χ1v) is 8.71.